The van der Waals surface area contributed by atoms with Gasteiger partial charge in [-0.2, -0.15) is 0 Å². The van der Waals surface area contributed by atoms with Crippen molar-refractivity contribution in [2.45, 2.75) is 19.3 Å². The number of hydrogen-bond donors (Lipinski definition) is 1. The van der Waals surface area contributed by atoms with Gasteiger partial charge >= 0.3 is 5.91 Å². The molecule has 2 aromatic carbocycles. The summed E-state index contributed by atoms with van der Waals surface area (Å²) in [5.74, 6) is -1.14. The normalized spacial score (nSPS) is 17.5. The molecule has 0 unspecified atom stereocenters. The lowest BCUT2D eigenvalue weighted by molar-refractivity contribution is -0.121. The van der Waals surface area contributed by atoms with E-state index in [2.05, 4.69) is 4.90 Å². The minimum absolute atomic E-state index is 0.00719. The van der Waals surface area contributed by atoms with Gasteiger partial charge in [0.05, 0.1) is 18.4 Å². The Morgan fingerprint density at radius 3 is 2.04 bits per heavy atom. The molecule has 2 heterocycles. The predicted molar refractivity (Wildman–Crippen MR) is 108 cm³/mol. The highest BCUT2D eigenvalue weighted by molar-refractivity contribution is 6.44. The van der Waals surface area contributed by atoms with Crippen molar-refractivity contribution in [1.82, 2.24) is 0 Å². The van der Waals surface area contributed by atoms with Crippen molar-refractivity contribution in [2.24, 2.45) is 0 Å². The molecule has 144 valence electrons. The maximum Gasteiger partial charge on any atom is 0.301 e. The number of hydrogen-bond acceptors (Lipinski definition) is 5. The molecule has 2 aliphatic heterocycles. The van der Waals surface area contributed by atoms with Gasteiger partial charge in [-0.3, -0.25) is 9.59 Å². The molecule has 0 bridgehead atoms. The molecule has 1 saturated heterocycles. The Morgan fingerprint density at radius 2 is 1.43 bits per heavy atom. The zero-order chi connectivity index (χ0) is 19.7. The molecule has 4 rings (SSSR count). The molecule has 1 N–H and O–H groups in total. The van der Waals surface area contributed by atoms with Crippen LogP contribution in [0.2, 0.25) is 0 Å². The van der Waals surface area contributed by atoms with Crippen LogP contribution in [0.15, 0.2) is 54.3 Å². The van der Waals surface area contributed by atoms with Crippen LogP contribution >= 0.6 is 0 Å². The van der Waals surface area contributed by atoms with Crippen molar-refractivity contribution in [3.05, 3.63) is 59.9 Å². The van der Waals surface area contributed by atoms with Crippen molar-refractivity contribution in [2.75, 3.05) is 30.0 Å². The van der Waals surface area contributed by atoms with Crippen LogP contribution in [0.1, 0.15) is 24.8 Å². The molecule has 0 aliphatic carbocycles. The number of imide groups is 1. The van der Waals surface area contributed by atoms with Crippen molar-refractivity contribution < 1.29 is 19.4 Å². The lowest BCUT2D eigenvalue weighted by Gasteiger charge is -2.29. The fourth-order valence-electron chi connectivity index (χ4n) is 3.74. The van der Waals surface area contributed by atoms with E-state index in [1.165, 1.54) is 19.3 Å². The summed E-state index contributed by atoms with van der Waals surface area (Å²) in [5.41, 5.74) is 2.01. The van der Waals surface area contributed by atoms with Gasteiger partial charge in [0.25, 0.3) is 5.91 Å². The molecule has 2 amide bonds. The summed E-state index contributed by atoms with van der Waals surface area (Å²) in [6.45, 7) is 2.04. The van der Waals surface area contributed by atoms with E-state index in [-0.39, 0.29) is 5.57 Å². The summed E-state index contributed by atoms with van der Waals surface area (Å²) in [4.78, 5) is 28.8. The molecule has 2 aliphatic rings. The smallest absolute Gasteiger partial charge is 0.301 e. The summed E-state index contributed by atoms with van der Waals surface area (Å²) in [6, 6.07) is 14.0. The van der Waals surface area contributed by atoms with Crippen molar-refractivity contribution in [1.29, 1.82) is 0 Å². The second kappa shape index (κ2) is 7.38. The van der Waals surface area contributed by atoms with Gasteiger partial charge in [-0.25, -0.2) is 4.90 Å². The van der Waals surface area contributed by atoms with Crippen molar-refractivity contribution >= 4 is 28.8 Å². The average molecular weight is 378 g/mol. The highest BCUT2D eigenvalue weighted by atomic mass is 16.5. The summed E-state index contributed by atoms with van der Waals surface area (Å²) in [6.07, 6.45) is 3.60. The number of ether oxygens (including phenoxy) is 1. The van der Waals surface area contributed by atoms with Crippen LogP contribution in [0.25, 0.3) is 5.57 Å². The number of nitrogens with zero attached hydrogens (tertiary/aromatic N) is 2. The van der Waals surface area contributed by atoms with Gasteiger partial charge in [0, 0.05) is 18.8 Å². The Labute approximate surface area is 163 Å². The third-order valence-electron chi connectivity index (χ3n) is 5.27. The first-order valence-corrected chi connectivity index (χ1v) is 9.41. The highest BCUT2D eigenvalue weighted by Crippen LogP contribution is 2.33. The van der Waals surface area contributed by atoms with Gasteiger partial charge in [-0.05, 0) is 61.2 Å². The number of carbonyl (C=O) groups is 2. The fourth-order valence-corrected chi connectivity index (χ4v) is 3.74. The molecule has 28 heavy (non-hydrogen) atoms. The van der Waals surface area contributed by atoms with Gasteiger partial charge in [0.2, 0.25) is 0 Å². The molecular formula is C22H22N2O4. The number of aliphatic hydroxyl groups is 1. The molecule has 1 fully saturated rings. The first-order valence-electron chi connectivity index (χ1n) is 9.41. The quantitative estimate of drug-likeness (QED) is 0.825. The number of amides is 2. The average Bonchev–Trinajstić information content (AvgIpc) is 2.97. The second-order valence-electron chi connectivity index (χ2n) is 6.96. The van der Waals surface area contributed by atoms with Gasteiger partial charge in [-0.15, -0.1) is 0 Å². The largest absolute Gasteiger partial charge is 0.502 e. The predicted octanol–water partition coefficient (Wildman–Crippen LogP) is 3.53. The Hall–Kier alpha value is -3.28. The Morgan fingerprint density at radius 1 is 0.821 bits per heavy atom. The Balaban J connectivity index is 1.59. The third kappa shape index (κ3) is 3.11. The molecule has 0 aromatic heterocycles. The van der Waals surface area contributed by atoms with E-state index < -0.39 is 17.6 Å². The van der Waals surface area contributed by atoms with E-state index in [9.17, 15) is 14.7 Å². The maximum atomic E-state index is 12.9. The van der Waals surface area contributed by atoms with E-state index >= 15 is 0 Å². The van der Waals surface area contributed by atoms with E-state index in [0.717, 1.165) is 23.7 Å². The zero-order valence-corrected chi connectivity index (χ0v) is 15.7. The number of rotatable bonds is 4. The van der Waals surface area contributed by atoms with Gasteiger partial charge < -0.3 is 14.7 Å². The number of carbonyl (C=O) groups excluding carboxylic acids is 2. The maximum absolute atomic E-state index is 12.9. The summed E-state index contributed by atoms with van der Waals surface area (Å²) in [5, 5.41) is 10.3. The number of anilines is 2. The van der Waals surface area contributed by atoms with E-state index in [4.69, 9.17) is 4.74 Å². The van der Waals surface area contributed by atoms with Crippen LogP contribution in [0.3, 0.4) is 0 Å². The minimum atomic E-state index is -0.707. The van der Waals surface area contributed by atoms with Gasteiger partial charge in [-0.1, -0.05) is 12.1 Å². The molecular weight excluding hydrogens is 356 g/mol. The van der Waals surface area contributed by atoms with Crippen molar-refractivity contribution in [3.8, 4) is 5.75 Å². The van der Waals surface area contributed by atoms with Crippen LogP contribution in [0, 0.1) is 0 Å². The lowest BCUT2D eigenvalue weighted by atomic mass is 10.1. The van der Waals surface area contributed by atoms with E-state index in [1.807, 2.05) is 12.1 Å². The van der Waals surface area contributed by atoms with Crippen LogP contribution in [-0.2, 0) is 9.59 Å². The molecule has 0 spiro atoms. The van der Waals surface area contributed by atoms with Crippen LogP contribution in [0.5, 0.6) is 5.75 Å². The minimum Gasteiger partial charge on any atom is -0.502 e. The van der Waals surface area contributed by atoms with E-state index in [1.54, 1.807) is 43.5 Å². The standard InChI is InChI=1S/C22H22N2O4/c1-28-18-11-5-15(6-12-18)19-20(25)22(27)24(21(19)26)17-9-7-16(8-10-17)23-13-3-2-4-14-23/h5-12,25H,2-4,13-14H2,1H3. The molecule has 6 nitrogen and oxygen atoms in total. The Kier molecular flexibility index (Phi) is 4.77. The molecule has 0 radical (unpaired) electrons. The van der Waals surface area contributed by atoms with Gasteiger partial charge in [0.15, 0.2) is 5.76 Å². The van der Waals surface area contributed by atoms with Gasteiger partial charge in [0.1, 0.15) is 5.75 Å². The lowest BCUT2D eigenvalue weighted by Crippen LogP contribution is -2.32. The van der Waals surface area contributed by atoms with E-state index in [0.29, 0.717) is 17.0 Å². The number of piperidine rings is 1. The molecule has 6 heteroatoms. The van der Waals surface area contributed by atoms with Crippen LogP contribution in [-0.4, -0.2) is 37.1 Å². The van der Waals surface area contributed by atoms with Crippen molar-refractivity contribution in [3.63, 3.8) is 0 Å². The van der Waals surface area contributed by atoms with Crippen LogP contribution in [0.4, 0.5) is 11.4 Å². The first-order chi connectivity index (χ1) is 13.6. The second-order valence-corrected chi connectivity index (χ2v) is 6.96. The summed E-state index contributed by atoms with van der Waals surface area (Å²) >= 11 is 0. The third-order valence-corrected chi connectivity index (χ3v) is 5.27. The zero-order valence-electron chi connectivity index (χ0n) is 15.7. The SMILES string of the molecule is COc1ccc(C2=C(O)C(=O)N(c3ccc(N4CCCCC4)cc3)C2=O)cc1. The molecule has 0 saturated carbocycles. The number of benzene rings is 2. The summed E-state index contributed by atoms with van der Waals surface area (Å²) in [7, 11) is 1.55. The number of methoxy groups -OCH3 is 1. The topological polar surface area (TPSA) is 70.1 Å². The molecule has 0 atom stereocenters. The first kappa shape index (κ1) is 18.1. The fraction of sp³-hybridized carbons (Fsp3) is 0.273. The Bertz CT molecular complexity index is 926. The highest BCUT2D eigenvalue weighted by Gasteiger charge is 2.40. The summed E-state index contributed by atoms with van der Waals surface area (Å²) < 4.78 is 5.11. The van der Waals surface area contributed by atoms with Crippen LogP contribution < -0.4 is 14.5 Å². The number of aliphatic hydroxyl groups excluding tert-OH is 1. The monoisotopic (exact) mass is 378 g/mol. The molecule has 2 aromatic rings.